The van der Waals surface area contributed by atoms with Crippen LogP contribution in [0.3, 0.4) is 0 Å². The van der Waals surface area contributed by atoms with E-state index in [2.05, 4.69) is 5.32 Å². The SMILES string of the molecule is COc1ccccc1OCCNC(=O)C[NH+]1CCOCC1. The highest BCUT2D eigenvalue weighted by Gasteiger charge is 2.17. The second-order valence-corrected chi connectivity index (χ2v) is 4.89. The number of benzene rings is 1. The molecule has 0 aliphatic carbocycles. The van der Waals surface area contributed by atoms with Gasteiger partial charge < -0.3 is 24.4 Å². The lowest BCUT2D eigenvalue weighted by atomic mass is 10.3. The Bertz CT molecular complexity index is 447. The number of hydrogen-bond donors (Lipinski definition) is 2. The smallest absolute Gasteiger partial charge is 0.275 e. The first kappa shape index (κ1) is 15.6. The average molecular weight is 295 g/mol. The van der Waals surface area contributed by atoms with Crippen molar-refractivity contribution in [3.05, 3.63) is 24.3 Å². The molecule has 1 aliphatic heterocycles. The van der Waals surface area contributed by atoms with Crippen LogP contribution in [0.15, 0.2) is 24.3 Å². The molecule has 6 nitrogen and oxygen atoms in total. The van der Waals surface area contributed by atoms with Crippen LogP contribution >= 0.6 is 0 Å². The lowest BCUT2D eigenvalue weighted by Crippen LogP contribution is -3.15. The van der Waals surface area contributed by atoms with E-state index in [-0.39, 0.29) is 5.91 Å². The number of ether oxygens (including phenoxy) is 3. The Labute approximate surface area is 125 Å². The number of methoxy groups -OCH3 is 1. The second-order valence-electron chi connectivity index (χ2n) is 4.89. The fourth-order valence-electron chi connectivity index (χ4n) is 2.22. The minimum absolute atomic E-state index is 0.0514. The standard InChI is InChI=1S/C15H22N2O4/c1-19-13-4-2-3-5-14(13)21-9-6-16-15(18)12-17-7-10-20-11-8-17/h2-5H,6-12H2,1H3,(H,16,18)/p+1. The first-order valence-electron chi connectivity index (χ1n) is 7.23. The number of carbonyl (C=O) groups is 1. The minimum atomic E-state index is 0.0514. The van der Waals surface area contributed by atoms with Crippen molar-refractivity contribution < 1.29 is 23.9 Å². The van der Waals surface area contributed by atoms with Crippen molar-refractivity contribution in [1.29, 1.82) is 0 Å². The summed E-state index contributed by atoms with van der Waals surface area (Å²) >= 11 is 0. The van der Waals surface area contributed by atoms with Crippen molar-refractivity contribution in [3.63, 3.8) is 0 Å². The lowest BCUT2D eigenvalue weighted by Gasteiger charge is -2.23. The molecule has 1 fully saturated rings. The summed E-state index contributed by atoms with van der Waals surface area (Å²) in [6.45, 7) is 4.67. The molecule has 2 N–H and O–H groups in total. The zero-order chi connectivity index (χ0) is 14.9. The normalized spacial score (nSPS) is 15.5. The van der Waals surface area contributed by atoms with Crippen molar-refractivity contribution in [2.45, 2.75) is 0 Å². The fraction of sp³-hybridized carbons (Fsp3) is 0.533. The topological polar surface area (TPSA) is 61.2 Å². The summed E-state index contributed by atoms with van der Waals surface area (Å²) in [5.74, 6) is 1.44. The van der Waals surface area contributed by atoms with E-state index in [4.69, 9.17) is 14.2 Å². The summed E-state index contributed by atoms with van der Waals surface area (Å²) in [4.78, 5) is 13.1. The minimum Gasteiger partial charge on any atom is -0.493 e. The highest BCUT2D eigenvalue weighted by molar-refractivity contribution is 5.76. The van der Waals surface area contributed by atoms with Crippen LogP contribution in [0.1, 0.15) is 0 Å². The van der Waals surface area contributed by atoms with Crippen molar-refractivity contribution in [3.8, 4) is 11.5 Å². The highest BCUT2D eigenvalue weighted by Crippen LogP contribution is 2.25. The monoisotopic (exact) mass is 295 g/mol. The predicted octanol–water partition coefficient (Wildman–Crippen LogP) is -0.895. The van der Waals surface area contributed by atoms with Gasteiger partial charge in [0, 0.05) is 0 Å². The molecule has 1 saturated heterocycles. The Balaban J connectivity index is 1.63. The average Bonchev–Trinajstić information content (AvgIpc) is 2.53. The van der Waals surface area contributed by atoms with Gasteiger partial charge in [-0.15, -0.1) is 0 Å². The molecule has 1 aromatic carbocycles. The number of rotatable bonds is 7. The maximum absolute atomic E-state index is 11.8. The maximum atomic E-state index is 11.8. The molecule has 1 aromatic rings. The number of nitrogens with one attached hydrogen (secondary N) is 2. The first-order valence-corrected chi connectivity index (χ1v) is 7.23. The van der Waals surface area contributed by atoms with E-state index in [0.717, 1.165) is 26.3 Å². The second kappa shape index (κ2) is 8.49. The van der Waals surface area contributed by atoms with Crippen molar-refractivity contribution in [1.82, 2.24) is 5.32 Å². The Hall–Kier alpha value is -1.79. The summed E-state index contributed by atoms with van der Waals surface area (Å²) in [6, 6.07) is 7.46. The molecule has 0 atom stereocenters. The molecule has 1 amide bonds. The van der Waals surface area contributed by atoms with Crippen LogP contribution in [0.4, 0.5) is 0 Å². The van der Waals surface area contributed by atoms with E-state index in [9.17, 15) is 4.79 Å². The van der Waals surface area contributed by atoms with Crippen molar-refractivity contribution in [2.24, 2.45) is 0 Å². The summed E-state index contributed by atoms with van der Waals surface area (Å²) in [6.07, 6.45) is 0. The van der Waals surface area contributed by atoms with Gasteiger partial charge in [-0.1, -0.05) is 12.1 Å². The van der Waals surface area contributed by atoms with E-state index in [1.807, 2.05) is 24.3 Å². The Morgan fingerprint density at radius 2 is 2.00 bits per heavy atom. The van der Waals surface area contributed by atoms with E-state index < -0.39 is 0 Å². The van der Waals surface area contributed by atoms with Gasteiger partial charge in [0.2, 0.25) is 0 Å². The predicted molar refractivity (Wildman–Crippen MR) is 77.9 cm³/mol. The molecular weight excluding hydrogens is 272 g/mol. The van der Waals surface area contributed by atoms with Crippen LogP contribution in [0.25, 0.3) is 0 Å². The summed E-state index contributed by atoms with van der Waals surface area (Å²) in [7, 11) is 1.61. The number of hydrogen-bond acceptors (Lipinski definition) is 4. The van der Waals surface area contributed by atoms with Crippen LogP contribution in [-0.2, 0) is 9.53 Å². The molecule has 1 heterocycles. The molecule has 2 rings (SSSR count). The van der Waals surface area contributed by atoms with Gasteiger partial charge in [0.1, 0.15) is 19.7 Å². The van der Waals surface area contributed by atoms with Crippen LogP contribution in [0.2, 0.25) is 0 Å². The lowest BCUT2D eigenvalue weighted by molar-refractivity contribution is -0.900. The third kappa shape index (κ3) is 5.24. The van der Waals surface area contributed by atoms with Crippen LogP contribution in [0.5, 0.6) is 11.5 Å². The molecule has 116 valence electrons. The van der Waals surface area contributed by atoms with E-state index >= 15 is 0 Å². The molecule has 0 bridgehead atoms. The molecule has 0 aromatic heterocycles. The van der Waals surface area contributed by atoms with Crippen LogP contribution in [0, 0.1) is 0 Å². The third-order valence-electron chi connectivity index (χ3n) is 3.36. The maximum Gasteiger partial charge on any atom is 0.275 e. The third-order valence-corrected chi connectivity index (χ3v) is 3.36. The zero-order valence-corrected chi connectivity index (χ0v) is 12.4. The summed E-state index contributed by atoms with van der Waals surface area (Å²) < 4.78 is 16.1. The van der Waals surface area contributed by atoms with Crippen LogP contribution < -0.4 is 19.7 Å². The van der Waals surface area contributed by atoms with E-state index in [0.29, 0.717) is 31.2 Å². The van der Waals surface area contributed by atoms with Crippen LogP contribution in [-0.4, -0.2) is 59.0 Å². The van der Waals surface area contributed by atoms with Gasteiger partial charge in [0.05, 0.1) is 26.9 Å². The van der Waals surface area contributed by atoms with Gasteiger partial charge in [-0.3, -0.25) is 4.79 Å². The largest absolute Gasteiger partial charge is 0.493 e. The zero-order valence-electron chi connectivity index (χ0n) is 12.4. The summed E-state index contributed by atoms with van der Waals surface area (Å²) in [5.41, 5.74) is 0. The molecular formula is C15H23N2O4+. The fourth-order valence-corrected chi connectivity index (χ4v) is 2.22. The van der Waals surface area contributed by atoms with Gasteiger partial charge in [-0.2, -0.15) is 0 Å². The molecule has 0 radical (unpaired) electrons. The number of para-hydroxylation sites is 2. The van der Waals surface area contributed by atoms with Gasteiger partial charge in [0.25, 0.3) is 5.91 Å². The Morgan fingerprint density at radius 1 is 1.29 bits per heavy atom. The van der Waals surface area contributed by atoms with Gasteiger partial charge in [-0.05, 0) is 12.1 Å². The van der Waals surface area contributed by atoms with E-state index in [1.54, 1.807) is 7.11 Å². The van der Waals surface area contributed by atoms with Crippen molar-refractivity contribution >= 4 is 5.91 Å². The molecule has 21 heavy (non-hydrogen) atoms. The molecule has 0 saturated carbocycles. The molecule has 0 spiro atoms. The van der Waals surface area contributed by atoms with E-state index in [1.165, 1.54) is 4.90 Å². The number of morpholine rings is 1. The van der Waals surface area contributed by atoms with Crippen molar-refractivity contribution in [2.75, 3.05) is 53.1 Å². The Morgan fingerprint density at radius 3 is 2.71 bits per heavy atom. The molecule has 0 unspecified atom stereocenters. The molecule has 6 heteroatoms. The highest BCUT2D eigenvalue weighted by atomic mass is 16.5. The quantitative estimate of drug-likeness (QED) is 0.641. The summed E-state index contributed by atoms with van der Waals surface area (Å²) in [5, 5.41) is 2.87. The van der Waals surface area contributed by atoms with Gasteiger partial charge in [0.15, 0.2) is 18.0 Å². The number of carbonyl (C=O) groups excluding carboxylic acids is 1. The van der Waals surface area contributed by atoms with Gasteiger partial charge >= 0.3 is 0 Å². The molecule has 1 aliphatic rings. The first-order chi connectivity index (χ1) is 10.3. The number of quaternary nitrogens is 1. The Kier molecular flexibility index (Phi) is 6.30. The van der Waals surface area contributed by atoms with Gasteiger partial charge in [-0.25, -0.2) is 0 Å². The number of amides is 1.